The third-order valence-corrected chi connectivity index (χ3v) is 7.96. The number of amides is 1. The first-order valence-corrected chi connectivity index (χ1v) is 14.1. The van der Waals surface area contributed by atoms with Gasteiger partial charge in [-0.3, -0.25) is 4.98 Å². The number of aromatic nitrogens is 2. The highest BCUT2D eigenvalue weighted by Crippen LogP contribution is 2.39. The standard InChI is InChI=1S/C28H38N4O2S2/c1-18-22(17-36-26-31-13-14-35-26)24(20-9-7-19(16-29)8-10-20)21(23(32-18)15-27(2,3)4)11-12-28(5,6)34-25(30)33/h7-10,13-14H,11-12,15-17,29H2,1-6H3,(H2,30,33). The summed E-state index contributed by atoms with van der Waals surface area (Å²) in [6.07, 6.45) is 3.26. The number of hydrogen-bond donors (Lipinski definition) is 2. The molecule has 0 aliphatic heterocycles. The molecule has 3 rings (SSSR count). The average molecular weight is 527 g/mol. The van der Waals surface area contributed by atoms with Crippen LogP contribution < -0.4 is 11.5 Å². The van der Waals surface area contributed by atoms with Gasteiger partial charge in [-0.1, -0.05) is 56.8 Å². The number of pyridine rings is 1. The molecule has 2 heterocycles. The van der Waals surface area contributed by atoms with Crippen LogP contribution in [0.1, 0.15) is 69.1 Å². The third-order valence-electron chi connectivity index (χ3n) is 5.97. The zero-order valence-electron chi connectivity index (χ0n) is 22.2. The fourth-order valence-corrected chi connectivity index (χ4v) is 5.99. The van der Waals surface area contributed by atoms with Crippen molar-refractivity contribution in [3.8, 4) is 11.1 Å². The molecule has 0 radical (unpaired) electrons. The van der Waals surface area contributed by atoms with Gasteiger partial charge < -0.3 is 16.2 Å². The first-order valence-electron chi connectivity index (χ1n) is 12.2. The molecule has 2 aromatic heterocycles. The number of rotatable bonds is 10. The molecule has 3 aromatic rings. The lowest BCUT2D eigenvalue weighted by Crippen LogP contribution is -2.31. The number of nitrogens with two attached hydrogens (primary N) is 2. The highest BCUT2D eigenvalue weighted by atomic mass is 32.2. The van der Waals surface area contributed by atoms with E-state index in [2.05, 4.69) is 56.9 Å². The number of nitrogens with zero attached hydrogens (tertiary/aromatic N) is 2. The van der Waals surface area contributed by atoms with Crippen LogP contribution in [0.2, 0.25) is 0 Å². The number of ether oxygens (including phenoxy) is 1. The van der Waals surface area contributed by atoms with E-state index in [9.17, 15) is 4.79 Å². The van der Waals surface area contributed by atoms with E-state index < -0.39 is 11.7 Å². The van der Waals surface area contributed by atoms with Crippen LogP contribution in [-0.4, -0.2) is 21.7 Å². The topological polar surface area (TPSA) is 104 Å². The van der Waals surface area contributed by atoms with Crippen molar-refractivity contribution in [2.45, 2.75) is 83.0 Å². The molecule has 0 saturated heterocycles. The number of thioether (sulfide) groups is 1. The van der Waals surface area contributed by atoms with Gasteiger partial charge in [0.05, 0.1) is 0 Å². The van der Waals surface area contributed by atoms with E-state index in [4.69, 9.17) is 21.2 Å². The molecule has 0 saturated carbocycles. The van der Waals surface area contributed by atoms with Gasteiger partial charge in [-0.15, -0.1) is 11.3 Å². The highest BCUT2D eigenvalue weighted by Gasteiger charge is 2.27. The largest absolute Gasteiger partial charge is 0.444 e. The summed E-state index contributed by atoms with van der Waals surface area (Å²) in [7, 11) is 0. The van der Waals surface area contributed by atoms with Crippen molar-refractivity contribution in [3.63, 3.8) is 0 Å². The lowest BCUT2D eigenvalue weighted by Gasteiger charge is -2.28. The van der Waals surface area contributed by atoms with Crippen LogP contribution >= 0.6 is 23.1 Å². The molecule has 8 heteroatoms. The number of carbonyl (C=O) groups is 1. The Morgan fingerprint density at radius 1 is 1.11 bits per heavy atom. The van der Waals surface area contributed by atoms with Gasteiger partial charge >= 0.3 is 6.09 Å². The van der Waals surface area contributed by atoms with Crippen molar-refractivity contribution in [2.24, 2.45) is 16.9 Å². The molecule has 0 aliphatic carbocycles. The molecule has 0 fully saturated rings. The molecular formula is C28H38N4O2S2. The summed E-state index contributed by atoms with van der Waals surface area (Å²) in [4.78, 5) is 21.1. The first-order chi connectivity index (χ1) is 16.9. The minimum atomic E-state index is -0.755. The minimum Gasteiger partial charge on any atom is -0.444 e. The number of benzene rings is 1. The maximum Gasteiger partial charge on any atom is 0.405 e. The van der Waals surface area contributed by atoms with E-state index >= 15 is 0 Å². The van der Waals surface area contributed by atoms with Gasteiger partial charge in [0.25, 0.3) is 0 Å². The van der Waals surface area contributed by atoms with E-state index in [-0.39, 0.29) is 5.41 Å². The van der Waals surface area contributed by atoms with Crippen LogP contribution in [0.5, 0.6) is 0 Å². The number of hydrogen-bond acceptors (Lipinski definition) is 7. The molecule has 194 valence electrons. The monoisotopic (exact) mass is 526 g/mol. The maximum atomic E-state index is 11.5. The van der Waals surface area contributed by atoms with E-state index in [1.165, 1.54) is 16.7 Å². The SMILES string of the molecule is Cc1nc(CC(C)(C)C)c(CCC(C)(C)OC(N)=O)c(-c2ccc(CN)cc2)c1CSc1nccs1. The second-order valence-corrected chi connectivity index (χ2v) is 13.0. The van der Waals surface area contributed by atoms with Gasteiger partial charge in [-0.05, 0) is 73.3 Å². The van der Waals surface area contributed by atoms with Crippen LogP contribution in [0.4, 0.5) is 4.79 Å². The number of primary amides is 1. The summed E-state index contributed by atoms with van der Waals surface area (Å²) in [6.45, 7) is 13.1. The highest BCUT2D eigenvalue weighted by molar-refractivity contribution is 8.00. The fourth-order valence-electron chi connectivity index (χ4n) is 4.26. The first kappa shape index (κ1) is 28.2. The lowest BCUT2D eigenvalue weighted by atomic mass is 9.83. The van der Waals surface area contributed by atoms with E-state index in [0.29, 0.717) is 19.4 Å². The Morgan fingerprint density at radius 2 is 1.81 bits per heavy atom. The van der Waals surface area contributed by atoms with E-state index in [1.807, 2.05) is 25.4 Å². The van der Waals surface area contributed by atoms with Gasteiger partial charge in [-0.2, -0.15) is 0 Å². The van der Waals surface area contributed by atoms with Crippen molar-refractivity contribution in [2.75, 3.05) is 0 Å². The summed E-state index contributed by atoms with van der Waals surface area (Å²) < 4.78 is 6.46. The number of carbonyl (C=O) groups excluding carboxylic acids is 1. The third kappa shape index (κ3) is 7.79. The zero-order chi connectivity index (χ0) is 26.5. The molecule has 1 amide bonds. The maximum absolute atomic E-state index is 11.5. The summed E-state index contributed by atoms with van der Waals surface area (Å²) in [5.41, 5.74) is 18.6. The minimum absolute atomic E-state index is 0.0608. The quantitative estimate of drug-likeness (QED) is 0.286. The molecule has 0 unspecified atom stereocenters. The second kappa shape index (κ2) is 11.8. The Morgan fingerprint density at radius 3 is 2.36 bits per heavy atom. The van der Waals surface area contributed by atoms with Gasteiger partial charge in [0, 0.05) is 35.3 Å². The molecule has 36 heavy (non-hydrogen) atoms. The van der Waals surface area contributed by atoms with Crippen LogP contribution in [0.15, 0.2) is 40.2 Å². The molecular weight excluding hydrogens is 488 g/mol. The molecule has 4 N–H and O–H groups in total. The Labute approximate surface area is 223 Å². The normalized spacial score (nSPS) is 12.1. The summed E-state index contributed by atoms with van der Waals surface area (Å²) >= 11 is 3.38. The van der Waals surface area contributed by atoms with Gasteiger partial charge in [-0.25, -0.2) is 9.78 Å². The Bertz CT molecular complexity index is 1170. The van der Waals surface area contributed by atoms with Crippen LogP contribution in [0.25, 0.3) is 11.1 Å². The molecule has 0 bridgehead atoms. The van der Waals surface area contributed by atoms with Crippen molar-refractivity contribution in [1.29, 1.82) is 0 Å². The molecule has 0 spiro atoms. The molecule has 6 nitrogen and oxygen atoms in total. The number of thiazole rings is 1. The van der Waals surface area contributed by atoms with Gasteiger partial charge in [0.15, 0.2) is 0 Å². The predicted octanol–water partition coefficient (Wildman–Crippen LogP) is 6.66. The van der Waals surface area contributed by atoms with Crippen LogP contribution in [0, 0.1) is 12.3 Å². The van der Waals surface area contributed by atoms with Crippen molar-refractivity contribution < 1.29 is 9.53 Å². The predicted molar refractivity (Wildman–Crippen MR) is 150 cm³/mol. The molecule has 0 atom stereocenters. The van der Waals surface area contributed by atoms with E-state index in [1.54, 1.807) is 23.1 Å². The summed E-state index contributed by atoms with van der Waals surface area (Å²) in [6, 6.07) is 8.50. The van der Waals surface area contributed by atoms with Gasteiger partial charge in [0.2, 0.25) is 0 Å². The summed E-state index contributed by atoms with van der Waals surface area (Å²) in [5, 5.41) is 2.00. The average Bonchev–Trinajstić information content (AvgIpc) is 3.29. The molecule has 1 aromatic carbocycles. The van der Waals surface area contributed by atoms with Crippen LogP contribution in [-0.2, 0) is 29.9 Å². The smallest absolute Gasteiger partial charge is 0.405 e. The molecule has 0 aliphatic rings. The Kier molecular flexibility index (Phi) is 9.19. The van der Waals surface area contributed by atoms with Crippen molar-refractivity contribution in [3.05, 3.63) is 63.9 Å². The Hall–Kier alpha value is -2.42. The zero-order valence-corrected chi connectivity index (χ0v) is 23.8. The Balaban J connectivity index is 2.17. The second-order valence-electron chi connectivity index (χ2n) is 10.9. The summed E-state index contributed by atoms with van der Waals surface area (Å²) in [5.74, 6) is 0.768. The fraction of sp³-hybridized carbons (Fsp3) is 0.464. The van der Waals surface area contributed by atoms with Crippen LogP contribution in [0.3, 0.4) is 0 Å². The lowest BCUT2D eigenvalue weighted by molar-refractivity contribution is 0.0394. The van der Waals surface area contributed by atoms with Gasteiger partial charge in [0.1, 0.15) is 9.94 Å². The van der Waals surface area contributed by atoms with E-state index in [0.717, 1.165) is 39.0 Å². The number of aryl methyl sites for hydroxylation is 1. The van der Waals surface area contributed by atoms with Crippen molar-refractivity contribution >= 4 is 29.2 Å². The van der Waals surface area contributed by atoms with Crippen molar-refractivity contribution in [1.82, 2.24) is 9.97 Å².